The first-order valence-corrected chi connectivity index (χ1v) is 6.02. The van der Waals surface area contributed by atoms with Gasteiger partial charge in [0.1, 0.15) is 5.75 Å². The molecule has 0 atom stereocenters. The van der Waals surface area contributed by atoms with Crippen molar-refractivity contribution in [2.45, 2.75) is 0 Å². The first kappa shape index (κ1) is 11.4. The van der Waals surface area contributed by atoms with Crippen LogP contribution in [-0.4, -0.2) is 16.4 Å². The van der Waals surface area contributed by atoms with Crippen LogP contribution in [0.25, 0.3) is 0 Å². The number of ether oxygens (including phenoxy) is 1. The maximum atomic E-state index is 11.9. The number of benzene rings is 2. The average Bonchev–Trinajstić information content (AvgIpc) is 2.82. The van der Waals surface area contributed by atoms with Crippen LogP contribution in [0.1, 0.15) is 0 Å². The molecule has 0 N–H and O–H groups in total. The summed E-state index contributed by atoms with van der Waals surface area (Å²) < 4.78 is 7.30. The Hall–Kier alpha value is -2.68. The molecule has 3 nitrogen and oxygen atoms in total. The van der Waals surface area contributed by atoms with Gasteiger partial charge in [-0.1, -0.05) is 41.0 Å². The molecule has 92 valence electrons. The number of carbonyl (C=O) groups excluding carboxylic acids is 1. The Labute approximate surface area is 111 Å². The van der Waals surface area contributed by atoms with E-state index in [2.05, 4.69) is 0 Å². The van der Waals surface area contributed by atoms with Crippen LogP contribution in [0.4, 0.5) is 5.69 Å². The van der Waals surface area contributed by atoms with Crippen molar-refractivity contribution in [1.82, 2.24) is 0 Å². The zero-order valence-corrected chi connectivity index (χ0v) is 10.2. The van der Waals surface area contributed by atoms with Crippen molar-refractivity contribution < 1.29 is 14.1 Å². The molecule has 1 aliphatic rings. The summed E-state index contributed by atoms with van der Waals surface area (Å²) in [5.41, 5.74) is 0.795. The second kappa shape index (κ2) is 4.90. The molecule has 0 radical (unpaired) electrons. The van der Waals surface area contributed by atoms with Gasteiger partial charge in [-0.15, -0.1) is 0 Å². The molecule has 3 rings (SSSR count). The minimum atomic E-state index is -0.0999. The van der Waals surface area contributed by atoms with Gasteiger partial charge in [0.15, 0.2) is 0 Å². The van der Waals surface area contributed by atoms with Crippen molar-refractivity contribution in [3.8, 4) is 5.75 Å². The molecule has 1 amide bonds. The van der Waals surface area contributed by atoms with Crippen molar-refractivity contribution in [1.29, 1.82) is 0 Å². The van der Waals surface area contributed by atoms with Crippen LogP contribution < -0.4 is 4.74 Å². The van der Waals surface area contributed by atoms with Gasteiger partial charge in [0.2, 0.25) is 5.69 Å². The molecule has 0 bridgehead atoms. The second-order valence-corrected chi connectivity index (χ2v) is 4.10. The highest BCUT2D eigenvalue weighted by atomic mass is 16.5. The van der Waals surface area contributed by atoms with E-state index >= 15 is 0 Å². The van der Waals surface area contributed by atoms with E-state index in [4.69, 9.17) is 4.74 Å². The van der Waals surface area contributed by atoms with E-state index in [1.165, 1.54) is 6.08 Å². The van der Waals surface area contributed by atoms with E-state index in [0.29, 0.717) is 11.6 Å². The van der Waals surface area contributed by atoms with E-state index < -0.39 is 0 Å². The molecule has 0 fully saturated rings. The molecule has 19 heavy (non-hydrogen) atoms. The quantitative estimate of drug-likeness (QED) is 0.767. The van der Waals surface area contributed by atoms with Crippen LogP contribution in [0.2, 0.25) is 0 Å². The lowest BCUT2D eigenvalue weighted by Crippen LogP contribution is -2.20. The Morgan fingerprint density at radius 2 is 1.42 bits per heavy atom. The smallest absolute Gasteiger partial charge is 0.405 e. The number of carbonyl (C=O) groups is 1. The van der Waals surface area contributed by atoms with Crippen LogP contribution in [0.5, 0.6) is 5.75 Å². The van der Waals surface area contributed by atoms with Gasteiger partial charge in [-0.2, -0.15) is 0 Å². The number of hydrogen-bond acceptors (Lipinski definition) is 2. The maximum absolute atomic E-state index is 11.9. The molecule has 0 spiro atoms. The summed E-state index contributed by atoms with van der Waals surface area (Å²) in [6, 6.07) is 18.9. The van der Waals surface area contributed by atoms with E-state index in [1.807, 2.05) is 60.7 Å². The van der Waals surface area contributed by atoms with Gasteiger partial charge >= 0.3 is 11.8 Å². The Morgan fingerprint density at radius 1 is 0.789 bits per heavy atom. The largest absolute Gasteiger partial charge is 0.421 e. The fourth-order valence-corrected chi connectivity index (χ4v) is 1.92. The van der Waals surface area contributed by atoms with Crippen molar-refractivity contribution in [3.63, 3.8) is 0 Å². The predicted octanol–water partition coefficient (Wildman–Crippen LogP) is 2.90. The topological polar surface area (TPSA) is 29.3 Å². The summed E-state index contributed by atoms with van der Waals surface area (Å²) in [4.78, 5) is 11.9. The first-order chi connectivity index (χ1) is 9.34. The Morgan fingerprint density at radius 3 is 2.11 bits per heavy atom. The number of hydrogen-bond donors (Lipinski definition) is 0. The molecule has 1 heterocycles. The molecule has 2 aromatic rings. The van der Waals surface area contributed by atoms with Crippen LogP contribution in [0.15, 0.2) is 72.8 Å². The number of rotatable bonds is 2. The normalized spacial score (nSPS) is 14.0. The summed E-state index contributed by atoms with van der Waals surface area (Å²) in [5, 5.41) is 0. The highest BCUT2D eigenvalue weighted by Crippen LogP contribution is 2.17. The van der Waals surface area contributed by atoms with Crippen LogP contribution in [-0.2, 0) is 4.79 Å². The molecule has 0 unspecified atom stereocenters. The lowest BCUT2D eigenvalue weighted by molar-refractivity contribution is -0.364. The van der Waals surface area contributed by atoms with Crippen molar-refractivity contribution in [2.75, 3.05) is 0 Å². The molecule has 2 aromatic carbocycles. The average molecular weight is 250 g/mol. The van der Waals surface area contributed by atoms with Crippen molar-refractivity contribution >= 4 is 17.5 Å². The number of nitrogens with zero attached hydrogens (tertiary/aromatic N) is 1. The van der Waals surface area contributed by atoms with E-state index in [1.54, 1.807) is 10.7 Å². The predicted molar refractivity (Wildman–Crippen MR) is 72.6 cm³/mol. The fraction of sp³-hybridized carbons (Fsp3) is 0. The monoisotopic (exact) mass is 250 g/mol. The Balaban J connectivity index is 1.99. The minimum absolute atomic E-state index is 0.0999. The molecule has 3 heteroatoms. The summed E-state index contributed by atoms with van der Waals surface area (Å²) in [6.07, 6.45) is 3.19. The van der Waals surface area contributed by atoms with Crippen molar-refractivity contribution in [2.24, 2.45) is 0 Å². The summed E-state index contributed by atoms with van der Waals surface area (Å²) in [6.45, 7) is 0. The molecule has 1 aliphatic heterocycles. The van der Waals surface area contributed by atoms with Gasteiger partial charge in [0.25, 0.3) is 0 Å². The zero-order chi connectivity index (χ0) is 13.1. The summed E-state index contributed by atoms with van der Waals surface area (Å²) >= 11 is 0. The van der Waals surface area contributed by atoms with Crippen LogP contribution >= 0.6 is 0 Å². The SMILES string of the molecule is O=C1C=CC(Oc2ccccc2)=[N+]1c1ccccc1. The van der Waals surface area contributed by atoms with E-state index in [0.717, 1.165) is 5.69 Å². The third-order valence-electron chi connectivity index (χ3n) is 2.79. The fourth-order valence-electron chi connectivity index (χ4n) is 1.92. The Bertz CT molecular complexity index is 658. The maximum Gasteiger partial charge on any atom is 0.421 e. The summed E-state index contributed by atoms with van der Waals surface area (Å²) in [7, 11) is 0. The number of amides is 1. The van der Waals surface area contributed by atoms with Crippen LogP contribution in [0.3, 0.4) is 0 Å². The lowest BCUT2D eigenvalue weighted by Gasteiger charge is -2.02. The zero-order valence-electron chi connectivity index (χ0n) is 10.2. The van der Waals surface area contributed by atoms with Gasteiger partial charge in [-0.3, -0.25) is 0 Å². The third kappa shape index (κ3) is 2.31. The lowest BCUT2D eigenvalue weighted by atomic mass is 10.3. The molecule has 0 aliphatic carbocycles. The van der Waals surface area contributed by atoms with Gasteiger partial charge in [-0.05, 0) is 12.1 Å². The standard InChI is InChI=1S/C16H12NO2/c18-15-11-12-16(19-14-9-5-2-6-10-14)17(15)13-7-3-1-4-8-13/h1-12H/q+1. The molecule has 0 aromatic heterocycles. The van der Waals surface area contributed by atoms with Crippen LogP contribution in [0, 0.1) is 0 Å². The van der Waals surface area contributed by atoms with Gasteiger partial charge in [-0.25, -0.2) is 4.79 Å². The molecular formula is C16H12NO2+. The summed E-state index contributed by atoms with van der Waals surface area (Å²) in [5.74, 6) is 1.12. The van der Waals surface area contributed by atoms with Gasteiger partial charge in [0.05, 0.1) is 12.2 Å². The van der Waals surface area contributed by atoms with Gasteiger partial charge in [0, 0.05) is 12.1 Å². The molecule has 0 saturated carbocycles. The minimum Gasteiger partial charge on any atom is -0.405 e. The molecular weight excluding hydrogens is 238 g/mol. The van der Waals surface area contributed by atoms with Crippen molar-refractivity contribution in [3.05, 3.63) is 72.8 Å². The Kier molecular flexibility index (Phi) is 2.94. The van der Waals surface area contributed by atoms with E-state index in [9.17, 15) is 4.79 Å². The first-order valence-electron chi connectivity index (χ1n) is 6.02. The highest BCUT2D eigenvalue weighted by molar-refractivity contribution is 6.02. The highest BCUT2D eigenvalue weighted by Gasteiger charge is 2.30. The van der Waals surface area contributed by atoms with Gasteiger partial charge < -0.3 is 4.74 Å². The van der Waals surface area contributed by atoms with E-state index in [-0.39, 0.29) is 5.91 Å². The number of para-hydroxylation sites is 2. The third-order valence-corrected chi connectivity index (χ3v) is 2.79. The molecule has 0 saturated heterocycles. The second-order valence-electron chi connectivity index (χ2n) is 4.10.